The van der Waals surface area contributed by atoms with Crippen molar-refractivity contribution in [3.05, 3.63) is 41.1 Å². The van der Waals surface area contributed by atoms with Gasteiger partial charge in [0.05, 0.1) is 0 Å². The molecule has 19 heavy (non-hydrogen) atoms. The molecule has 0 aromatic heterocycles. The van der Waals surface area contributed by atoms with E-state index in [9.17, 15) is 4.79 Å². The van der Waals surface area contributed by atoms with Crippen LogP contribution in [0.2, 0.25) is 0 Å². The van der Waals surface area contributed by atoms with Crippen LogP contribution in [0.4, 0.5) is 0 Å². The van der Waals surface area contributed by atoms with Crippen LogP contribution in [0.15, 0.2) is 40.1 Å². The molecule has 5 heteroatoms. The first-order valence-electron chi connectivity index (χ1n) is 6.12. The highest BCUT2D eigenvalue weighted by Gasteiger charge is 2.32. The molecule has 0 radical (unpaired) electrons. The number of nitrogens with one attached hydrogen (secondary N) is 2. The normalized spacial score (nSPS) is 19.7. The van der Waals surface area contributed by atoms with E-state index in [1.165, 1.54) is 0 Å². The summed E-state index contributed by atoms with van der Waals surface area (Å²) in [5.74, 6) is 0.000333. The highest BCUT2D eigenvalue weighted by Crippen LogP contribution is 2.37. The predicted octanol–water partition coefficient (Wildman–Crippen LogP) is 1.60. The highest BCUT2D eigenvalue weighted by molar-refractivity contribution is 6.39. The summed E-state index contributed by atoms with van der Waals surface area (Å²) in [6.07, 6.45) is 1.96. The van der Waals surface area contributed by atoms with Gasteiger partial charge >= 0.3 is 0 Å². The molecule has 2 aliphatic rings. The Morgan fingerprint density at radius 1 is 1.37 bits per heavy atom. The summed E-state index contributed by atoms with van der Waals surface area (Å²) in [5.41, 5.74) is 6.58. The number of benzene rings is 1. The van der Waals surface area contributed by atoms with Crippen LogP contribution in [0.1, 0.15) is 31.0 Å². The van der Waals surface area contributed by atoms with Gasteiger partial charge in [-0.15, -0.1) is 0 Å². The molecule has 1 aromatic carbocycles. The lowest BCUT2D eigenvalue weighted by Crippen LogP contribution is -2.42. The van der Waals surface area contributed by atoms with E-state index in [0.29, 0.717) is 0 Å². The van der Waals surface area contributed by atoms with Crippen molar-refractivity contribution in [3.63, 3.8) is 0 Å². The summed E-state index contributed by atoms with van der Waals surface area (Å²) >= 11 is 0. The molecule has 0 fully saturated rings. The SMILES string of the molecule is CC(C)=NNC1=NC2C(=Cc3ccccc32)NC1=O. The molecule has 1 aromatic rings. The van der Waals surface area contributed by atoms with E-state index in [2.05, 4.69) is 20.8 Å². The van der Waals surface area contributed by atoms with Crippen LogP contribution in [-0.4, -0.2) is 17.5 Å². The Bertz CT molecular complexity index is 639. The molecule has 1 unspecified atom stereocenters. The third kappa shape index (κ3) is 2.03. The number of amides is 1. The molecule has 2 N–H and O–H groups in total. The van der Waals surface area contributed by atoms with Gasteiger partial charge < -0.3 is 5.32 Å². The number of hydrogen-bond acceptors (Lipinski definition) is 4. The molecule has 5 nitrogen and oxygen atoms in total. The summed E-state index contributed by atoms with van der Waals surface area (Å²) in [5, 5.41) is 6.88. The molecule has 3 rings (SSSR count). The Labute approximate surface area is 111 Å². The molecule has 96 valence electrons. The average Bonchev–Trinajstić information content (AvgIpc) is 2.73. The highest BCUT2D eigenvalue weighted by atomic mass is 16.2. The molecular formula is C14H14N4O. The quantitative estimate of drug-likeness (QED) is 0.590. The first-order valence-corrected chi connectivity index (χ1v) is 6.12. The van der Waals surface area contributed by atoms with Gasteiger partial charge in [0.15, 0.2) is 0 Å². The minimum atomic E-state index is -0.250. The lowest BCUT2D eigenvalue weighted by Gasteiger charge is -2.20. The van der Waals surface area contributed by atoms with Crippen LogP contribution >= 0.6 is 0 Å². The van der Waals surface area contributed by atoms with Crippen molar-refractivity contribution in [1.82, 2.24) is 10.7 Å². The fourth-order valence-corrected chi connectivity index (χ4v) is 2.17. The largest absolute Gasteiger partial charge is 0.321 e. The predicted molar refractivity (Wildman–Crippen MR) is 74.7 cm³/mol. The second-order valence-electron chi connectivity index (χ2n) is 4.73. The van der Waals surface area contributed by atoms with Crippen molar-refractivity contribution < 1.29 is 4.79 Å². The topological polar surface area (TPSA) is 65.8 Å². The molecule has 1 aliphatic heterocycles. The molecular weight excluding hydrogens is 240 g/mol. The maximum atomic E-state index is 11.9. The molecule has 1 aliphatic carbocycles. The van der Waals surface area contributed by atoms with Crippen molar-refractivity contribution in [2.75, 3.05) is 0 Å². The van der Waals surface area contributed by atoms with Crippen molar-refractivity contribution in [3.8, 4) is 0 Å². The van der Waals surface area contributed by atoms with Gasteiger partial charge in [-0.2, -0.15) is 5.10 Å². The maximum Gasteiger partial charge on any atom is 0.292 e. The van der Waals surface area contributed by atoms with Crippen LogP contribution in [0.3, 0.4) is 0 Å². The van der Waals surface area contributed by atoms with Gasteiger partial charge in [0.25, 0.3) is 5.91 Å². The minimum Gasteiger partial charge on any atom is -0.321 e. The summed E-state index contributed by atoms with van der Waals surface area (Å²) < 4.78 is 0. The maximum absolute atomic E-state index is 11.9. The van der Waals surface area contributed by atoms with Crippen molar-refractivity contribution >= 4 is 23.5 Å². The Morgan fingerprint density at radius 3 is 2.95 bits per heavy atom. The zero-order valence-electron chi connectivity index (χ0n) is 10.8. The number of fused-ring (bicyclic) bond motifs is 3. The summed E-state index contributed by atoms with van der Waals surface area (Å²) in [6, 6.07) is 7.86. The zero-order valence-corrected chi connectivity index (χ0v) is 10.8. The van der Waals surface area contributed by atoms with Gasteiger partial charge in [-0.1, -0.05) is 24.3 Å². The number of nitrogens with zero attached hydrogens (tertiary/aromatic N) is 2. The average molecular weight is 254 g/mol. The number of hydrogen-bond donors (Lipinski definition) is 2. The van der Waals surface area contributed by atoms with Gasteiger partial charge in [0.2, 0.25) is 5.84 Å². The zero-order chi connectivity index (χ0) is 13.4. The van der Waals surface area contributed by atoms with Crippen molar-refractivity contribution in [1.29, 1.82) is 0 Å². The summed E-state index contributed by atoms with van der Waals surface area (Å²) in [6.45, 7) is 3.70. The third-order valence-corrected chi connectivity index (χ3v) is 3.01. The Balaban J connectivity index is 1.97. The van der Waals surface area contributed by atoms with Crippen molar-refractivity contribution in [2.24, 2.45) is 10.1 Å². The van der Waals surface area contributed by atoms with E-state index in [1.807, 2.05) is 44.2 Å². The van der Waals surface area contributed by atoms with Crippen LogP contribution in [0, 0.1) is 0 Å². The molecule has 0 bridgehead atoms. The monoisotopic (exact) mass is 254 g/mol. The number of rotatable bonds is 1. The van der Waals surface area contributed by atoms with Gasteiger partial charge in [0, 0.05) is 11.4 Å². The summed E-state index contributed by atoms with van der Waals surface area (Å²) in [7, 11) is 0. The Morgan fingerprint density at radius 2 is 2.16 bits per heavy atom. The smallest absolute Gasteiger partial charge is 0.292 e. The Kier molecular flexibility index (Phi) is 2.67. The number of aliphatic imine (C=N–C) groups is 1. The van der Waals surface area contributed by atoms with Crippen LogP contribution in [-0.2, 0) is 4.79 Å². The van der Waals surface area contributed by atoms with E-state index in [4.69, 9.17) is 0 Å². The van der Waals surface area contributed by atoms with E-state index >= 15 is 0 Å². The third-order valence-electron chi connectivity index (χ3n) is 3.01. The number of hydrazone groups is 1. The van der Waals surface area contributed by atoms with Gasteiger partial charge in [-0.05, 0) is 31.1 Å². The lowest BCUT2D eigenvalue weighted by molar-refractivity contribution is -0.114. The van der Waals surface area contributed by atoms with E-state index in [1.54, 1.807) is 0 Å². The molecule has 1 amide bonds. The fourth-order valence-electron chi connectivity index (χ4n) is 2.17. The molecule has 1 atom stereocenters. The van der Waals surface area contributed by atoms with Gasteiger partial charge in [0.1, 0.15) is 6.04 Å². The molecule has 0 spiro atoms. The van der Waals surface area contributed by atoms with Gasteiger partial charge in [-0.25, -0.2) is 4.99 Å². The number of amidine groups is 1. The van der Waals surface area contributed by atoms with Crippen LogP contribution in [0.5, 0.6) is 0 Å². The van der Waals surface area contributed by atoms with Crippen LogP contribution in [0.25, 0.3) is 6.08 Å². The minimum absolute atomic E-state index is 0.135. The first kappa shape index (κ1) is 11.6. The van der Waals surface area contributed by atoms with E-state index in [0.717, 1.165) is 22.5 Å². The number of carbonyl (C=O) groups excluding carboxylic acids is 1. The lowest BCUT2D eigenvalue weighted by atomic mass is 10.1. The summed E-state index contributed by atoms with van der Waals surface area (Å²) in [4.78, 5) is 16.3. The van der Waals surface area contributed by atoms with E-state index < -0.39 is 0 Å². The molecule has 1 heterocycles. The number of carbonyl (C=O) groups is 1. The standard InChI is InChI=1S/C14H14N4O/c1-8(2)17-18-13-14(19)15-11-7-9-5-3-4-6-10(9)12(11)16-13/h3-7,12H,1-2H3,(H,15,19)(H,16,18). The second kappa shape index (κ2) is 4.35. The molecule has 0 saturated carbocycles. The van der Waals surface area contributed by atoms with Gasteiger partial charge in [-0.3, -0.25) is 10.2 Å². The molecule has 0 saturated heterocycles. The second-order valence-corrected chi connectivity index (χ2v) is 4.73. The Hall–Kier alpha value is -2.43. The van der Waals surface area contributed by atoms with E-state index in [-0.39, 0.29) is 17.8 Å². The van der Waals surface area contributed by atoms with Crippen molar-refractivity contribution in [2.45, 2.75) is 19.9 Å². The fraction of sp³-hybridized carbons (Fsp3) is 0.214. The van der Waals surface area contributed by atoms with Crippen LogP contribution < -0.4 is 10.7 Å². The first-order chi connectivity index (χ1) is 9.15.